The van der Waals surface area contributed by atoms with Gasteiger partial charge in [-0.15, -0.1) is 0 Å². The van der Waals surface area contributed by atoms with E-state index in [1.54, 1.807) is 0 Å². The number of aromatic nitrogens is 9. The predicted octanol–water partition coefficient (Wildman–Crippen LogP) is 20.8. The van der Waals surface area contributed by atoms with Crippen LogP contribution in [0.2, 0.25) is 0 Å². The molecule has 0 saturated carbocycles. The van der Waals surface area contributed by atoms with Crippen LogP contribution in [-0.4, -0.2) is 49.1 Å². The molecular formula is C93H66BN9. The van der Waals surface area contributed by atoms with E-state index in [2.05, 4.69) is 360 Å². The van der Waals surface area contributed by atoms with Crippen LogP contribution >= 0.6 is 0 Å². The smallest absolute Gasteiger partial charge is 0.291 e. The van der Waals surface area contributed by atoms with Crippen molar-refractivity contribution in [3.05, 3.63) is 325 Å². The quantitative estimate of drug-likeness (QED) is 0.135. The van der Waals surface area contributed by atoms with Crippen LogP contribution in [0.25, 0.3) is 165 Å². The first-order valence-electron chi connectivity index (χ1n) is 35.6. The van der Waals surface area contributed by atoms with Crippen molar-refractivity contribution < 1.29 is 0 Å². The maximum Gasteiger partial charge on any atom is 0.291 e. The molecule has 0 unspecified atom stereocenters. The fourth-order valence-electron chi connectivity index (χ4n) is 18.5. The standard InChI is InChI=1S/C93H66BN9/c1-55-51-57(3)89(58(4)52-55)94(90-59(5)53-56(2)54-60(90)6)91-95-92(102-73-41-23-17-35-67(73)87-81(102)49-47-79-85(87)65-33-15-21-39-71(65)100(79)77-45-25-43-75-83(77)63-31-13-19-37-69(63)98(75)61-27-9-7-10-28-61)97-93(96-91)103-74-42-24-18-36-68(74)88-82(103)50-48-80-86(88)66-34-16-22-40-72(66)101(80)78-46-26-44-76-84(78)64-32-14-20-38-70(64)99(76)62-29-11-8-12-30-62/h7-54H,1-6H3. The molecule has 0 aliphatic heterocycles. The summed E-state index contributed by atoms with van der Waals surface area (Å²) < 4.78 is 14.5. The van der Waals surface area contributed by atoms with E-state index in [9.17, 15) is 0 Å². The Labute approximate surface area is 593 Å². The van der Waals surface area contributed by atoms with Crippen LogP contribution in [0.4, 0.5) is 0 Å². The Morgan fingerprint density at radius 3 is 0.825 bits per heavy atom. The van der Waals surface area contributed by atoms with Gasteiger partial charge in [-0.25, -0.2) is 9.97 Å². The lowest BCUT2D eigenvalue weighted by Gasteiger charge is -2.24. The van der Waals surface area contributed by atoms with E-state index in [4.69, 9.17) is 15.0 Å². The third-order valence-corrected chi connectivity index (χ3v) is 22.1. The molecule has 0 radical (unpaired) electrons. The van der Waals surface area contributed by atoms with E-state index >= 15 is 0 Å². The molecule has 486 valence electrons. The minimum atomic E-state index is -0.386. The maximum absolute atomic E-state index is 6.00. The van der Waals surface area contributed by atoms with E-state index in [1.807, 2.05) is 0 Å². The normalized spacial score (nSPS) is 12.2. The van der Waals surface area contributed by atoms with Gasteiger partial charge >= 0.3 is 0 Å². The third kappa shape index (κ3) is 8.40. The highest BCUT2D eigenvalue weighted by molar-refractivity contribution is 6.95. The van der Waals surface area contributed by atoms with Crippen molar-refractivity contribution in [2.24, 2.45) is 0 Å². The van der Waals surface area contributed by atoms with Gasteiger partial charge in [-0.3, -0.25) is 9.13 Å². The van der Waals surface area contributed by atoms with Gasteiger partial charge in [0, 0.05) is 76.0 Å². The monoisotopic (exact) mass is 1320 g/mol. The number of nitrogens with zero attached hydrogens (tertiary/aromatic N) is 9. The first kappa shape index (κ1) is 58.9. The molecule has 103 heavy (non-hydrogen) atoms. The Morgan fingerprint density at radius 1 is 0.223 bits per heavy atom. The number of fused-ring (bicyclic) bond motifs is 20. The third-order valence-electron chi connectivity index (χ3n) is 22.1. The van der Waals surface area contributed by atoms with Crippen molar-refractivity contribution in [2.75, 3.05) is 0 Å². The minimum absolute atomic E-state index is 0.386. The molecule has 0 N–H and O–H groups in total. The summed E-state index contributed by atoms with van der Waals surface area (Å²) in [5.41, 5.74) is 27.9. The summed E-state index contributed by atoms with van der Waals surface area (Å²) in [7, 11) is 0. The van der Waals surface area contributed by atoms with E-state index in [-0.39, 0.29) is 6.71 Å². The number of para-hydroxylation sites is 8. The molecule has 14 aromatic carbocycles. The second-order valence-corrected chi connectivity index (χ2v) is 28.2. The Balaban J connectivity index is 0.860. The topological polar surface area (TPSA) is 68.2 Å². The van der Waals surface area contributed by atoms with Crippen molar-refractivity contribution in [1.29, 1.82) is 0 Å². The molecule has 0 spiro atoms. The maximum atomic E-state index is 6.00. The van der Waals surface area contributed by atoms with Crippen LogP contribution in [0.15, 0.2) is 291 Å². The highest BCUT2D eigenvalue weighted by atomic mass is 15.3. The SMILES string of the molecule is Cc1cc(C)c(B(c2nc(-n3c4ccccc4c4c5c6ccccc6n(-c6cccc7c6c6ccccc6n7-c6ccccc6)c5ccc43)nc(-n3c4ccccc4c4c5c6ccccc6n(-c6cccc7c6c6ccccc6n7-c6ccccc6)c5ccc43)n2)c2c(C)cc(C)cc2C)c(C)c1. The average molecular weight is 1320 g/mol. The van der Waals surface area contributed by atoms with Crippen molar-refractivity contribution in [1.82, 2.24) is 42.4 Å². The lowest BCUT2D eigenvalue weighted by molar-refractivity contribution is 0.905. The molecule has 21 aromatic rings. The predicted molar refractivity (Wildman–Crippen MR) is 432 cm³/mol. The first-order chi connectivity index (χ1) is 50.6. The van der Waals surface area contributed by atoms with Crippen molar-refractivity contribution in [3.8, 4) is 34.6 Å². The van der Waals surface area contributed by atoms with Gasteiger partial charge in [-0.05, 0) is 151 Å². The molecule has 0 saturated heterocycles. The van der Waals surface area contributed by atoms with Crippen LogP contribution < -0.4 is 16.6 Å². The molecule has 10 heteroatoms. The molecule has 0 bridgehead atoms. The fraction of sp³-hybridized carbons (Fsp3) is 0.0645. The van der Waals surface area contributed by atoms with Gasteiger partial charge in [0.15, 0.2) is 0 Å². The van der Waals surface area contributed by atoms with Gasteiger partial charge in [-0.2, -0.15) is 4.98 Å². The summed E-state index contributed by atoms with van der Waals surface area (Å²) in [5.74, 6) is 1.07. The molecule has 9 nitrogen and oxygen atoms in total. The summed E-state index contributed by atoms with van der Waals surface area (Å²) in [6.45, 7) is 13.1. The van der Waals surface area contributed by atoms with Crippen LogP contribution in [0.1, 0.15) is 33.4 Å². The van der Waals surface area contributed by atoms with Gasteiger partial charge in [0.05, 0.1) is 77.6 Å². The molecular weight excluding hydrogens is 1250 g/mol. The molecule has 7 aromatic heterocycles. The summed E-state index contributed by atoms with van der Waals surface area (Å²) in [6.07, 6.45) is 0. The summed E-state index contributed by atoms with van der Waals surface area (Å²) in [5, 5.41) is 13.9. The number of hydrogen-bond donors (Lipinski definition) is 0. The first-order valence-corrected chi connectivity index (χ1v) is 35.6. The molecule has 21 rings (SSSR count). The summed E-state index contributed by atoms with van der Waals surface area (Å²) >= 11 is 0. The Hall–Kier alpha value is -13.0. The summed E-state index contributed by atoms with van der Waals surface area (Å²) in [4.78, 5) is 18.0. The number of aryl methyl sites for hydroxylation is 6. The molecule has 0 fully saturated rings. The van der Waals surface area contributed by atoms with Crippen molar-refractivity contribution >= 4 is 154 Å². The molecule has 0 atom stereocenters. The van der Waals surface area contributed by atoms with Crippen LogP contribution in [0.5, 0.6) is 0 Å². The Kier molecular flexibility index (Phi) is 12.7. The van der Waals surface area contributed by atoms with E-state index in [0.29, 0.717) is 17.6 Å². The number of rotatable bonds is 9. The van der Waals surface area contributed by atoms with Gasteiger partial charge < -0.3 is 18.3 Å². The van der Waals surface area contributed by atoms with Crippen LogP contribution in [0.3, 0.4) is 0 Å². The molecule has 0 aliphatic rings. The molecule has 7 heterocycles. The zero-order valence-electron chi connectivity index (χ0n) is 57.8. The minimum Gasteiger partial charge on any atom is -0.309 e. The van der Waals surface area contributed by atoms with Gasteiger partial charge in [0.25, 0.3) is 6.71 Å². The fourth-order valence-corrected chi connectivity index (χ4v) is 18.5. The van der Waals surface area contributed by atoms with Gasteiger partial charge in [0.2, 0.25) is 11.9 Å². The lowest BCUT2D eigenvalue weighted by atomic mass is 9.37. The zero-order chi connectivity index (χ0) is 68.6. The van der Waals surface area contributed by atoms with Gasteiger partial charge in [0.1, 0.15) is 5.72 Å². The Bertz CT molecular complexity index is 6730. The second-order valence-electron chi connectivity index (χ2n) is 28.2. The average Bonchev–Trinajstić information content (AvgIpc) is 1.54. The summed E-state index contributed by atoms with van der Waals surface area (Å²) in [6, 6.07) is 107. The highest BCUT2D eigenvalue weighted by Crippen LogP contribution is 2.48. The highest BCUT2D eigenvalue weighted by Gasteiger charge is 2.35. The molecule has 0 amide bonds. The number of benzene rings is 14. The molecule has 0 aliphatic carbocycles. The largest absolute Gasteiger partial charge is 0.309 e. The van der Waals surface area contributed by atoms with Crippen molar-refractivity contribution in [3.63, 3.8) is 0 Å². The van der Waals surface area contributed by atoms with E-state index in [1.165, 1.54) is 76.6 Å². The van der Waals surface area contributed by atoms with Crippen LogP contribution in [0, 0.1) is 41.5 Å². The van der Waals surface area contributed by atoms with Crippen LogP contribution in [-0.2, 0) is 0 Å². The van der Waals surface area contributed by atoms with E-state index < -0.39 is 0 Å². The van der Waals surface area contributed by atoms with E-state index in [0.717, 1.165) is 121 Å². The second kappa shape index (κ2) is 22.2. The van der Waals surface area contributed by atoms with Crippen molar-refractivity contribution in [2.45, 2.75) is 41.5 Å². The zero-order valence-corrected chi connectivity index (χ0v) is 57.8. The number of hydrogen-bond acceptors (Lipinski definition) is 3. The van der Waals surface area contributed by atoms with Gasteiger partial charge in [-0.1, -0.05) is 226 Å². The lowest BCUT2D eigenvalue weighted by Crippen LogP contribution is -2.58. The Morgan fingerprint density at radius 2 is 0.485 bits per heavy atom.